The first-order valence-electron chi connectivity index (χ1n) is 18.5. The Hall–Kier alpha value is -4.87. The van der Waals surface area contributed by atoms with E-state index in [1.54, 1.807) is 62.1 Å². The molecule has 2 amide bonds. The lowest BCUT2D eigenvalue weighted by Crippen LogP contribution is -2.64. The third-order valence-corrected chi connectivity index (χ3v) is 14.5. The molecule has 1 N–H and O–H groups in total. The zero-order valence-electron chi connectivity index (χ0n) is 33.0. The van der Waals surface area contributed by atoms with Crippen LogP contribution in [0.3, 0.4) is 0 Å². The Morgan fingerprint density at radius 3 is 2.17 bits per heavy atom. The molecule has 11 heteroatoms. The van der Waals surface area contributed by atoms with Crippen molar-refractivity contribution in [3.63, 3.8) is 0 Å². The minimum Gasteiger partial charge on any atom is -0.496 e. The first-order valence-corrected chi connectivity index (χ1v) is 21.4. The molecular formula is C43H54N2O8Si. The molecule has 0 spiro atoms. The molecule has 0 saturated carbocycles. The summed E-state index contributed by atoms with van der Waals surface area (Å²) in [5.74, 6) is -1.81. The van der Waals surface area contributed by atoms with Crippen molar-refractivity contribution in [2.75, 3.05) is 20.2 Å². The summed E-state index contributed by atoms with van der Waals surface area (Å²) in [6.07, 6.45) is 0.0883. The van der Waals surface area contributed by atoms with E-state index >= 15 is 0 Å². The Bertz CT molecular complexity index is 1940. The molecule has 4 aromatic rings. The second-order valence-electron chi connectivity index (χ2n) is 16.3. The van der Waals surface area contributed by atoms with Gasteiger partial charge < -0.3 is 33.6 Å². The van der Waals surface area contributed by atoms with Gasteiger partial charge in [-0.15, -0.1) is 0 Å². The van der Waals surface area contributed by atoms with Crippen LogP contribution in [0, 0.1) is 0 Å². The smallest absolute Gasteiger partial charge is 0.410 e. The predicted molar refractivity (Wildman–Crippen MR) is 212 cm³/mol. The molecule has 1 fully saturated rings. The van der Waals surface area contributed by atoms with Crippen molar-refractivity contribution in [3.05, 3.63) is 108 Å². The van der Waals surface area contributed by atoms with Gasteiger partial charge in [-0.2, -0.15) is 0 Å². The highest BCUT2D eigenvalue weighted by molar-refractivity contribution is 6.74. The van der Waals surface area contributed by atoms with Crippen molar-refractivity contribution < 1.29 is 37.8 Å². The van der Waals surface area contributed by atoms with Crippen LogP contribution < -0.4 is 14.8 Å². The van der Waals surface area contributed by atoms with Crippen LogP contribution in [0.5, 0.6) is 11.5 Å². The van der Waals surface area contributed by atoms with Crippen LogP contribution >= 0.6 is 0 Å². The van der Waals surface area contributed by atoms with Gasteiger partial charge in [0.2, 0.25) is 5.79 Å². The molecule has 0 aliphatic carbocycles. The van der Waals surface area contributed by atoms with Gasteiger partial charge in [0.15, 0.2) is 8.32 Å². The first kappa shape index (κ1) is 40.3. The molecule has 0 aromatic heterocycles. The van der Waals surface area contributed by atoms with E-state index < -0.39 is 43.7 Å². The number of hydrogen-bond donors (Lipinski definition) is 1. The molecule has 1 heterocycles. The quantitative estimate of drug-likeness (QED) is 0.0970. The number of fused-ring (bicyclic) bond motifs is 1. The van der Waals surface area contributed by atoms with E-state index in [9.17, 15) is 14.4 Å². The van der Waals surface area contributed by atoms with Gasteiger partial charge in [0.25, 0.3) is 5.91 Å². The largest absolute Gasteiger partial charge is 0.496 e. The number of hydrogen-bond acceptors (Lipinski definition) is 8. The van der Waals surface area contributed by atoms with Crippen LogP contribution in [0.2, 0.25) is 18.1 Å². The molecule has 10 nitrogen and oxygen atoms in total. The molecular weight excluding hydrogens is 701 g/mol. The molecule has 288 valence electrons. The van der Waals surface area contributed by atoms with Gasteiger partial charge in [0.1, 0.15) is 35.3 Å². The number of likely N-dealkylation sites (tertiary alicyclic amines) is 1. The average Bonchev–Trinajstić information content (AvgIpc) is 3.28. The van der Waals surface area contributed by atoms with E-state index in [-0.39, 0.29) is 23.6 Å². The molecule has 1 aliphatic rings. The van der Waals surface area contributed by atoms with E-state index in [4.69, 9.17) is 23.4 Å². The highest BCUT2D eigenvalue weighted by atomic mass is 28.4. The van der Waals surface area contributed by atoms with Crippen molar-refractivity contribution in [3.8, 4) is 11.5 Å². The summed E-state index contributed by atoms with van der Waals surface area (Å²) in [4.78, 5) is 43.7. The summed E-state index contributed by atoms with van der Waals surface area (Å²) in [5.41, 5.74) is 0.882. The Balaban J connectivity index is 1.58. The average molecular weight is 755 g/mol. The Morgan fingerprint density at radius 1 is 0.870 bits per heavy atom. The number of esters is 1. The van der Waals surface area contributed by atoms with Crippen molar-refractivity contribution in [2.45, 2.75) is 96.6 Å². The predicted octanol–water partition coefficient (Wildman–Crippen LogP) is 9.13. The van der Waals surface area contributed by atoms with E-state index in [1.807, 2.05) is 54.6 Å². The van der Waals surface area contributed by atoms with Crippen LogP contribution in [0.4, 0.5) is 4.79 Å². The molecule has 0 unspecified atom stereocenters. The summed E-state index contributed by atoms with van der Waals surface area (Å²) in [6.45, 7) is 16.5. The summed E-state index contributed by atoms with van der Waals surface area (Å²) in [5, 5.41) is 4.34. The lowest BCUT2D eigenvalue weighted by Gasteiger charge is -2.47. The summed E-state index contributed by atoms with van der Waals surface area (Å²) in [6, 6.07) is 26.9. The summed E-state index contributed by atoms with van der Waals surface area (Å²) >= 11 is 0. The van der Waals surface area contributed by atoms with Crippen LogP contribution in [0.15, 0.2) is 91.0 Å². The minimum absolute atomic E-state index is 0.0215. The summed E-state index contributed by atoms with van der Waals surface area (Å²) < 4.78 is 31.6. The number of amides is 2. The number of carbonyl (C=O) groups is 3. The molecule has 4 aromatic carbocycles. The maximum Gasteiger partial charge on any atom is 0.410 e. The first-order chi connectivity index (χ1) is 25.4. The number of ether oxygens (including phenoxy) is 4. The van der Waals surface area contributed by atoms with Gasteiger partial charge in [0.05, 0.1) is 13.7 Å². The van der Waals surface area contributed by atoms with Crippen molar-refractivity contribution in [2.24, 2.45) is 0 Å². The molecule has 0 radical (unpaired) electrons. The minimum atomic E-state index is -2.74. The highest BCUT2D eigenvalue weighted by Gasteiger charge is 2.54. The van der Waals surface area contributed by atoms with E-state index in [0.717, 1.165) is 16.3 Å². The SMILES string of the molecule is COc1cc2c(OCc3ccccc3)cccc2cc1C(=O)O[C@@]1(O[Si](C)(C)C(C)(C)C)CCCN(C(=O)OC(C)(C)C)C[C@H]1NC(=O)c1ccccc1. The second kappa shape index (κ2) is 16.2. The molecule has 1 aliphatic heterocycles. The van der Waals surface area contributed by atoms with Gasteiger partial charge in [0, 0.05) is 23.9 Å². The molecule has 1 saturated heterocycles. The maximum atomic E-state index is 14.7. The molecule has 54 heavy (non-hydrogen) atoms. The van der Waals surface area contributed by atoms with Gasteiger partial charge in [-0.05, 0) is 86.6 Å². The van der Waals surface area contributed by atoms with Crippen LogP contribution in [0.1, 0.15) is 80.7 Å². The van der Waals surface area contributed by atoms with E-state index in [0.29, 0.717) is 36.6 Å². The second-order valence-corrected chi connectivity index (χ2v) is 21.0. The standard InChI is InChI=1S/C43H54N2O8Si/c1-41(2,3)52-40(48)45-25-17-24-43(53-54(8,9)42(4,5)6,37(28-45)44-38(46)31-20-14-11-15-21-31)51-39(47)34-26-32-22-16-23-35(33(32)27-36(34)49-7)50-29-30-18-12-10-13-19-30/h10-16,18-23,26-27,37H,17,24-25,28-29H2,1-9H3,(H,44,46)/t37-,43-/m1/s1. The van der Waals surface area contributed by atoms with E-state index in [2.05, 4.69) is 39.2 Å². The fourth-order valence-electron chi connectivity index (χ4n) is 6.15. The summed E-state index contributed by atoms with van der Waals surface area (Å²) in [7, 11) is -1.24. The third-order valence-electron chi connectivity index (χ3n) is 10.00. The van der Waals surface area contributed by atoms with Gasteiger partial charge in [-0.3, -0.25) is 4.79 Å². The fourth-order valence-corrected chi connectivity index (χ4v) is 7.60. The molecule has 5 rings (SSSR count). The number of methoxy groups -OCH3 is 1. The Kier molecular flexibility index (Phi) is 12.1. The lowest BCUT2D eigenvalue weighted by molar-refractivity contribution is -0.174. The number of carbonyl (C=O) groups excluding carboxylic acids is 3. The zero-order valence-corrected chi connectivity index (χ0v) is 34.0. The van der Waals surface area contributed by atoms with Crippen LogP contribution in [0.25, 0.3) is 10.8 Å². The van der Waals surface area contributed by atoms with E-state index in [1.165, 1.54) is 7.11 Å². The number of nitrogens with zero attached hydrogens (tertiary/aromatic N) is 1. The fraction of sp³-hybridized carbons (Fsp3) is 0.419. The molecule has 2 atom stereocenters. The van der Waals surface area contributed by atoms with Gasteiger partial charge >= 0.3 is 12.1 Å². The van der Waals surface area contributed by atoms with Crippen molar-refractivity contribution in [1.82, 2.24) is 10.2 Å². The third kappa shape index (κ3) is 9.61. The zero-order chi connectivity index (χ0) is 39.3. The number of nitrogens with one attached hydrogen (secondary N) is 1. The van der Waals surface area contributed by atoms with Crippen LogP contribution in [-0.4, -0.2) is 68.8 Å². The lowest BCUT2D eigenvalue weighted by atomic mass is 10.0. The van der Waals surface area contributed by atoms with Crippen LogP contribution in [-0.2, 0) is 20.5 Å². The van der Waals surface area contributed by atoms with Crippen molar-refractivity contribution in [1.29, 1.82) is 0 Å². The topological polar surface area (TPSA) is 113 Å². The normalized spacial score (nSPS) is 18.0. The molecule has 0 bridgehead atoms. The maximum absolute atomic E-state index is 14.7. The monoisotopic (exact) mass is 754 g/mol. The van der Waals surface area contributed by atoms with Crippen molar-refractivity contribution >= 4 is 37.1 Å². The number of benzene rings is 4. The Labute approximate surface area is 320 Å². The number of rotatable bonds is 10. The van der Waals surface area contributed by atoms with Gasteiger partial charge in [-0.25, -0.2) is 9.59 Å². The highest BCUT2D eigenvalue weighted by Crippen LogP contribution is 2.43. The Morgan fingerprint density at radius 2 is 1.54 bits per heavy atom. The van der Waals surface area contributed by atoms with Gasteiger partial charge in [-0.1, -0.05) is 81.4 Å².